The first kappa shape index (κ1) is 73.1. The summed E-state index contributed by atoms with van der Waals surface area (Å²) in [6.45, 7) is 6.53. The molecule has 0 fully saturated rings. The van der Waals surface area contributed by atoms with Gasteiger partial charge in [-0.1, -0.05) is 332 Å². The second-order valence-electron chi connectivity index (χ2n) is 22.4. The van der Waals surface area contributed by atoms with E-state index in [0.29, 0.717) is 19.3 Å². The van der Waals surface area contributed by atoms with Crippen LogP contribution in [0.3, 0.4) is 0 Å². The molecule has 1 unspecified atom stereocenters. The summed E-state index contributed by atoms with van der Waals surface area (Å²) >= 11 is 0. The zero-order valence-electron chi connectivity index (χ0n) is 50.8. The molecule has 0 aromatic rings. The van der Waals surface area contributed by atoms with Gasteiger partial charge in [-0.15, -0.1) is 0 Å². The fourth-order valence-corrected chi connectivity index (χ4v) is 9.84. The minimum atomic E-state index is -0.801. The number of unbranched alkanes of at least 4 members (excludes halogenated alkanes) is 40. The number of hydrogen-bond acceptors (Lipinski definition) is 6. The first-order valence-electron chi connectivity index (χ1n) is 33.3. The van der Waals surface area contributed by atoms with Crippen LogP contribution in [0.2, 0.25) is 0 Å². The molecule has 0 N–H and O–H groups in total. The van der Waals surface area contributed by atoms with Crippen LogP contribution in [0, 0.1) is 0 Å². The number of hydrogen-bond donors (Lipinski definition) is 0. The topological polar surface area (TPSA) is 78.9 Å². The van der Waals surface area contributed by atoms with E-state index in [-0.39, 0.29) is 37.5 Å². The third-order valence-electron chi connectivity index (χ3n) is 14.8. The highest BCUT2D eigenvalue weighted by molar-refractivity contribution is 5.71. The van der Waals surface area contributed by atoms with E-state index in [1.165, 1.54) is 225 Å². The molecule has 6 nitrogen and oxygen atoms in total. The predicted molar refractivity (Wildman–Crippen MR) is 330 cm³/mol. The van der Waals surface area contributed by atoms with Crippen molar-refractivity contribution >= 4 is 17.9 Å². The third-order valence-corrected chi connectivity index (χ3v) is 14.8. The molecule has 1 atom stereocenters. The van der Waals surface area contributed by atoms with Crippen molar-refractivity contribution in [3.63, 3.8) is 0 Å². The van der Waals surface area contributed by atoms with Crippen molar-refractivity contribution in [3.05, 3.63) is 60.8 Å². The largest absolute Gasteiger partial charge is 0.462 e. The van der Waals surface area contributed by atoms with Crippen LogP contribution in [0.25, 0.3) is 0 Å². The predicted octanol–water partition coefficient (Wildman–Crippen LogP) is 22.7. The number of carbonyl (C=O) groups excluding carboxylic acids is 3. The van der Waals surface area contributed by atoms with Crippen molar-refractivity contribution < 1.29 is 28.6 Å². The Labute approximate surface area is 472 Å². The van der Waals surface area contributed by atoms with E-state index >= 15 is 0 Å². The lowest BCUT2D eigenvalue weighted by atomic mass is 10.0. The lowest BCUT2D eigenvalue weighted by Crippen LogP contribution is -2.30. The highest BCUT2D eigenvalue weighted by Gasteiger charge is 2.19. The standard InChI is InChI=1S/C70H126O6/c1-4-7-10-13-16-19-22-25-27-29-30-31-32-33-34-35-36-37-38-39-40-42-43-45-48-51-54-57-60-63-69(72)75-66-67(65-74-68(71)62-59-56-53-50-47-24-21-18-15-12-9-6-3)76-70(73)64-61-58-55-52-49-46-44-41-28-26-23-20-17-14-11-8-5-2/h8,11,17,20,26,28,44,46,52,55,67H,4-7,9-10,12-16,18-19,21-25,27,29-43,45,47-51,53-54,56-66H2,1-3H3/b11-8-,20-17-,28-26-,46-44-,55-52-. The van der Waals surface area contributed by atoms with E-state index in [9.17, 15) is 14.4 Å². The maximum absolute atomic E-state index is 12.9. The van der Waals surface area contributed by atoms with Gasteiger partial charge in [0, 0.05) is 19.3 Å². The van der Waals surface area contributed by atoms with Crippen LogP contribution in [-0.4, -0.2) is 37.2 Å². The summed E-state index contributed by atoms with van der Waals surface area (Å²) in [7, 11) is 0. The maximum atomic E-state index is 12.9. The van der Waals surface area contributed by atoms with Crippen LogP contribution in [0.1, 0.15) is 348 Å². The van der Waals surface area contributed by atoms with Crippen molar-refractivity contribution in [3.8, 4) is 0 Å². The summed E-state index contributed by atoms with van der Waals surface area (Å²) in [5.74, 6) is -0.933. The summed E-state index contributed by atoms with van der Waals surface area (Å²) in [4.78, 5) is 38.2. The quantitative estimate of drug-likeness (QED) is 0.0261. The van der Waals surface area contributed by atoms with Gasteiger partial charge >= 0.3 is 17.9 Å². The van der Waals surface area contributed by atoms with Gasteiger partial charge in [0.05, 0.1) is 0 Å². The molecule has 0 aromatic carbocycles. The minimum Gasteiger partial charge on any atom is -0.462 e. The first-order chi connectivity index (χ1) is 37.5. The summed E-state index contributed by atoms with van der Waals surface area (Å²) in [6, 6.07) is 0. The van der Waals surface area contributed by atoms with E-state index < -0.39 is 6.10 Å². The number of esters is 3. The van der Waals surface area contributed by atoms with Crippen molar-refractivity contribution in [1.82, 2.24) is 0 Å². The molecule has 0 aromatic heterocycles. The Morgan fingerprint density at radius 2 is 0.513 bits per heavy atom. The molecule has 0 aliphatic rings. The fraction of sp³-hybridized carbons (Fsp3) is 0.814. The molecule has 442 valence electrons. The number of rotatable bonds is 61. The van der Waals surface area contributed by atoms with Gasteiger partial charge < -0.3 is 14.2 Å². The summed E-state index contributed by atoms with van der Waals surface area (Å²) < 4.78 is 16.9. The van der Waals surface area contributed by atoms with E-state index in [1.807, 2.05) is 0 Å². The SMILES string of the molecule is CC/C=C\C/C=C\C/C=C\C/C=C\C/C=C\CCCC(=O)OC(COC(=O)CCCCCCCCCCCCCC)COC(=O)CCCCCCCCCCCCCCCCCCCCCCCCCCCCCCC. The molecule has 76 heavy (non-hydrogen) atoms. The second kappa shape index (κ2) is 64.6. The molecule has 0 spiro atoms. The first-order valence-corrected chi connectivity index (χ1v) is 33.3. The summed E-state index contributed by atoms with van der Waals surface area (Å²) in [5, 5.41) is 0. The van der Waals surface area contributed by atoms with Crippen LogP contribution < -0.4 is 0 Å². The Morgan fingerprint density at radius 3 is 0.789 bits per heavy atom. The van der Waals surface area contributed by atoms with Crippen LogP contribution in [0.5, 0.6) is 0 Å². The highest BCUT2D eigenvalue weighted by atomic mass is 16.6. The van der Waals surface area contributed by atoms with Crippen molar-refractivity contribution in [2.75, 3.05) is 13.2 Å². The Balaban J connectivity index is 4.20. The normalized spacial score (nSPS) is 12.4. The van der Waals surface area contributed by atoms with Crippen LogP contribution in [-0.2, 0) is 28.6 Å². The summed E-state index contributed by atoms with van der Waals surface area (Å²) in [5.41, 5.74) is 0. The fourth-order valence-electron chi connectivity index (χ4n) is 9.84. The Morgan fingerprint density at radius 1 is 0.276 bits per heavy atom. The number of ether oxygens (including phenoxy) is 3. The van der Waals surface area contributed by atoms with Crippen molar-refractivity contribution in [1.29, 1.82) is 0 Å². The maximum Gasteiger partial charge on any atom is 0.306 e. The van der Waals surface area contributed by atoms with Crippen LogP contribution in [0.15, 0.2) is 60.8 Å². The molecular weight excluding hydrogens is 937 g/mol. The molecule has 0 amide bonds. The zero-order valence-corrected chi connectivity index (χ0v) is 50.8. The van der Waals surface area contributed by atoms with Gasteiger partial charge in [0.1, 0.15) is 13.2 Å². The monoisotopic (exact) mass is 1060 g/mol. The Hall–Kier alpha value is -2.89. The smallest absolute Gasteiger partial charge is 0.306 e. The molecule has 0 saturated carbocycles. The molecule has 6 heteroatoms. The molecule has 0 aliphatic heterocycles. The molecule has 0 saturated heterocycles. The Bertz CT molecular complexity index is 1360. The van der Waals surface area contributed by atoms with Crippen molar-refractivity contribution in [2.45, 2.75) is 354 Å². The molecule has 0 aliphatic carbocycles. The molecule has 0 heterocycles. The Kier molecular flexibility index (Phi) is 62.2. The van der Waals surface area contributed by atoms with Gasteiger partial charge in [-0.3, -0.25) is 14.4 Å². The molecule has 0 rings (SSSR count). The average Bonchev–Trinajstić information content (AvgIpc) is 3.42. The minimum absolute atomic E-state index is 0.0925. The van der Waals surface area contributed by atoms with Gasteiger partial charge in [0.2, 0.25) is 0 Å². The number of carbonyl (C=O) groups is 3. The van der Waals surface area contributed by atoms with Crippen LogP contribution in [0.4, 0.5) is 0 Å². The van der Waals surface area contributed by atoms with Gasteiger partial charge in [-0.05, 0) is 57.8 Å². The molecular formula is C70H126O6. The van der Waals surface area contributed by atoms with E-state index in [0.717, 1.165) is 77.0 Å². The van der Waals surface area contributed by atoms with Gasteiger partial charge in [-0.25, -0.2) is 0 Å². The average molecular weight is 1060 g/mol. The van der Waals surface area contributed by atoms with Crippen LogP contribution >= 0.6 is 0 Å². The van der Waals surface area contributed by atoms with E-state index in [2.05, 4.69) is 81.5 Å². The number of allylic oxidation sites excluding steroid dienone is 10. The van der Waals surface area contributed by atoms with E-state index in [4.69, 9.17) is 14.2 Å². The van der Waals surface area contributed by atoms with E-state index in [1.54, 1.807) is 0 Å². The van der Waals surface area contributed by atoms with Gasteiger partial charge in [0.25, 0.3) is 0 Å². The van der Waals surface area contributed by atoms with Gasteiger partial charge in [0.15, 0.2) is 6.10 Å². The lowest BCUT2D eigenvalue weighted by Gasteiger charge is -2.18. The lowest BCUT2D eigenvalue weighted by molar-refractivity contribution is -0.167. The van der Waals surface area contributed by atoms with Gasteiger partial charge in [-0.2, -0.15) is 0 Å². The summed E-state index contributed by atoms with van der Waals surface area (Å²) in [6.07, 6.45) is 82.6. The molecule has 0 radical (unpaired) electrons. The third kappa shape index (κ3) is 62.0. The van der Waals surface area contributed by atoms with Crippen molar-refractivity contribution in [2.24, 2.45) is 0 Å². The second-order valence-corrected chi connectivity index (χ2v) is 22.4. The zero-order chi connectivity index (χ0) is 55.0. The molecule has 0 bridgehead atoms. The highest BCUT2D eigenvalue weighted by Crippen LogP contribution is 2.18.